The Morgan fingerprint density at radius 3 is 1.66 bits per heavy atom. The Balaban J connectivity index is 1.73. The van der Waals surface area contributed by atoms with Crippen LogP contribution in [0.2, 0.25) is 0 Å². The van der Waals surface area contributed by atoms with E-state index in [1.807, 2.05) is 91.0 Å². The molecule has 0 aliphatic heterocycles. The van der Waals surface area contributed by atoms with Gasteiger partial charge in [-0.2, -0.15) is 0 Å². The quantitative estimate of drug-likeness (QED) is 0.377. The number of aliphatic hydroxyl groups excluding tert-OH is 3. The van der Waals surface area contributed by atoms with Crippen molar-refractivity contribution in [2.24, 2.45) is 0 Å². The van der Waals surface area contributed by atoms with Gasteiger partial charge >= 0.3 is 0 Å². The molecule has 0 amide bonds. The van der Waals surface area contributed by atoms with Gasteiger partial charge in [0.1, 0.15) is 18.3 Å². The predicted molar refractivity (Wildman–Crippen MR) is 124 cm³/mol. The van der Waals surface area contributed by atoms with Crippen molar-refractivity contribution in [2.45, 2.75) is 50.5 Å². The molecule has 0 saturated carbocycles. The van der Waals surface area contributed by atoms with Crippen molar-refractivity contribution < 1.29 is 24.8 Å². The Hall–Kier alpha value is -2.54. The summed E-state index contributed by atoms with van der Waals surface area (Å²) in [6.45, 7) is 0.596. The van der Waals surface area contributed by atoms with Gasteiger partial charge in [0, 0.05) is 6.61 Å². The Morgan fingerprint density at radius 1 is 0.625 bits per heavy atom. The number of rotatable bonds is 13. The van der Waals surface area contributed by atoms with Gasteiger partial charge in [0.25, 0.3) is 0 Å². The normalized spacial score (nSPS) is 15.1. The summed E-state index contributed by atoms with van der Waals surface area (Å²) in [5.41, 5.74) is 2.73. The Labute approximate surface area is 189 Å². The average molecular weight is 437 g/mol. The molecule has 0 bridgehead atoms. The van der Waals surface area contributed by atoms with Crippen molar-refractivity contribution in [1.29, 1.82) is 0 Å². The van der Waals surface area contributed by atoms with Crippen molar-refractivity contribution in [3.05, 3.63) is 108 Å². The molecule has 3 aromatic carbocycles. The first kappa shape index (κ1) is 24.1. The van der Waals surface area contributed by atoms with E-state index in [1.165, 1.54) is 0 Å². The van der Waals surface area contributed by atoms with Crippen LogP contribution in [0.1, 0.15) is 35.6 Å². The molecule has 5 nitrogen and oxygen atoms in total. The molecule has 3 rings (SSSR count). The van der Waals surface area contributed by atoms with E-state index < -0.39 is 24.4 Å². The summed E-state index contributed by atoms with van der Waals surface area (Å²) in [7, 11) is 0. The first-order chi connectivity index (χ1) is 15.7. The molecule has 0 fully saturated rings. The molecule has 3 aromatic rings. The number of benzene rings is 3. The average Bonchev–Trinajstić information content (AvgIpc) is 2.85. The van der Waals surface area contributed by atoms with E-state index >= 15 is 0 Å². The molecule has 0 aliphatic carbocycles. The van der Waals surface area contributed by atoms with E-state index in [9.17, 15) is 15.3 Å². The fourth-order valence-corrected chi connectivity index (χ4v) is 3.62. The number of aliphatic hydroxyl groups is 3. The molecule has 5 heteroatoms. The zero-order valence-corrected chi connectivity index (χ0v) is 18.2. The standard InChI is InChI=1S/C27H32O5/c28-18-10-17-24(31-19-21-11-4-1-5-12-21)25(29)26(30)27(23-15-8-3-9-16-23)32-20-22-13-6-2-7-14-22/h1-9,11-16,24-30H,10,17-20H2/t24-,25+,26+,27-/m0/s1. The first-order valence-electron chi connectivity index (χ1n) is 11.0. The summed E-state index contributed by atoms with van der Waals surface area (Å²) >= 11 is 0. The predicted octanol–water partition coefficient (Wildman–Crippen LogP) is 4.02. The Kier molecular flexibility index (Phi) is 9.88. The second-order valence-electron chi connectivity index (χ2n) is 7.81. The van der Waals surface area contributed by atoms with Gasteiger partial charge in [0.05, 0.1) is 19.3 Å². The number of hydrogen-bond acceptors (Lipinski definition) is 5. The molecule has 4 atom stereocenters. The Morgan fingerprint density at radius 2 is 1.12 bits per heavy atom. The summed E-state index contributed by atoms with van der Waals surface area (Å²) in [5.74, 6) is 0. The first-order valence-corrected chi connectivity index (χ1v) is 11.0. The maximum atomic E-state index is 11.2. The molecule has 0 aliphatic rings. The number of ether oxygens (including phenoxy) is 2. The van der Waals surface area contributed by atoms with Gasteiger partial charge in [-0.3, -0.25) is 0 Å². The van der Waals surface area contributed by atoms with E-state index in [0.29, 0.717) is 26.1 Å². The van der Waals surface area contributed by atoms with Gasteiger partial charge in [-0.25, -0.2) is 0 Å². The van der Waals surface area contributed by atoms with Crippen LogP contribution in [0.15, 0.2) is 91.0 Å². The van der Waals surface area contributed by atoms with E-state index in [-0.39, 0.29) is 6.61 Å². The third-order valence-corrected chi connectivity index (χ3v) is 5.40. The molecule has 170 valence electrons. The molecular formula is C27H32O5. The molecule has 0 heterocycles. The van der Waals surface area contributed by atoms with Gasteiger partial charge in [0.2, 0.25) is 0 Å². The fraction of sp³-hybridized carbons (Fsp3) is 0.333. The van der Waals surface area contributed by atoms with E-state index in [0.717, 1.165) is 16.7 Å². The van der Waals surface area contributed by atoms with Crippen molar-refractivity contribution in [3.8, 4) is 0 Å². The van der Waals surface area contributed by atoms with Crippen LogP contribution in [0, 0.1) is 0 Å². The van der Waals surface area contributed by atoms with Crippen molar-refractivity contribution in [3.63, 3.8) is 0 Å². The summed E-state index contributed by atoms with van der Waals surface area (Å²) in [4.78, 5) is 0. The maximum absolute atomic E-state index is 11.2. The number of hydrogen-bond donors (Lipinski definition) is 3. The highest BCUT2D eigenvalue weighted by atomic mass is 16.5. The van der Waals surface area contributed by atoms with Crippen LogP contribution < -0.4 is 0 Å². The maximum Gasteiger partial charge on any atom is 0.113 e. The van der Waals surface area contributed by atoms with Gasteiger partial charge in [-0.05, 0) is 29.5 Å². The SMILES string of the molecule is OCCC[C@H](OCc1ccccc1)[C@@H](O)[C@@H](O)[C@@H](OCc1ccccc1)c1ccccc1. The molecule has 0 unspecified atom stereocenters. The lowest BCUT2D eigenvalue weighted by Crippen LogP contribution is -2.43. The van der Waals surface area contributed by atoms with E-state index in [1.54, 1.807) is 0 Å². The van der Waals surface area contributed by atoms with Crippen molar-refractivity contribution >= 4 is 0 Å². The summed E-state index contributed by atoms with van der Waals surface area (Å²) in [6, 6.07) is 28.8. The molecule has 0 radical (unpaired) electrons. The van der Waals surface area contributed by atoms with Crippen LogP contribution in [-0.2, 0) is 22.7 Å². The smallest absolute Gasteiger partial charge is 0.113 e. The van der Waals surface area contributed by atoms with Crippen LogP contribution in [0.4, 0.5) is 0 Å². The van der Waals surface area contributed by atoms with E-state index in [4.69, 9.17) is 9.47 Å². The Bertz CT molecular complexity index is 872. The molecule has 0 saturated heterocycles. The summed E-state index contributed by atoms with van der Waals surface area (Å²) < 4.78 is 12.1. The zero-order valence-electron chi connectivity index (χ0n) is 18.2. The van der Waals surface area contributed by atoms with Crippen molar-refractivity contribution in [1.82, 2.24) is 0 Å². The minimum Gasteiger partial charge on any atom is -0.396 e. The lowest BCUT2D eigenvalue weighted by Gasteiger charge is -2.32. The topological polar surface area (TPSA) is 79.2 Å². The van der Waals surface area contributed by atoms with Crippen LogP contribution in [0.5, 0.6) is 0 Å². The fourth-order valence-electron chi connectivity index (χ4n) is 3.62. The van der Waals surface area contributed by atoms with Gasteiger partial charge < -0.3 is 24.8 Å². The molecular weight excluding hydrogens is 404 g/mol. The van der Waals surface area contributed by atoms with Crippen LogP contribution in [-0.4, -0.2) is 40.2 Å². The van der Waals surface area contributed by atoms with Crippen LogP contribution in [0.25, 0.3) is 0 Å². The van der Waals surface area contributed by atoms with Gasteiger partial charge in [0.15, 0.2) is 0 Å². The third kappa shape index (κ3) is 7.26. The molecule has 32 heavy (non-hydrogen) atoms. The highest BCUT2D eigenvalue weighted by Gasteiger charge is 2.34. The largest absolute Gasteiger partial charge is 0.396 e. The second kappa shape index (κ2) is 13.1. The zero-order chi connectivity index (χ0) is 22.6. The third-order valence-electron chi connectivity index (χ3n) is 5.40. The highest BCUT2D eigenvalue weighted by Crippen LogP contribution is 2.28. The van der Waals surface area contributed by atoms with Gasteiger partial charge in [-0.1, -0.05) is 91.0 Å². The van der Waals surface area contributed by atoms with E-state index in [2.05, 4.69) is 0 Å². The second-order valence-corrected chi connectivity index (χ2v) is 7.81. The monoisotopic (exact) mass is 436 g/mol. The van der Waals surface area contributed by atoms with Crippen LogP contribution in [0.3, 0.4) is 0 Å². The lowest BCUT2D eigenvalue weighted by atomic mass is 9.95. The molecule has 3 N–H and O–H groups in total. The minimum atomic E-state index is -1.21. The lowest BCUT2D eigenvalue weighted by molar-refractivity contribution is -0.147. The summed E-state index contributed by atoms with van der Waals surface area (Å²) in [5, 5.41) is 31.5. The summed E-state index contributed by atoms with van der Waals surface area (Å²) in [6.07, 6.45) is -2.90. The van der Waals surface area contributed by atoms with Crippen LogP contribution >= 0.6 is 0 Å². The van der Waals surface area contributed by atoms with Gasteiger partial charge in [-0.15, -0.1) is 0 Å². The molecule has 0 spiro atoms. The molecule has 0 aromatic heterocycles. The highest BCUT2D eigenvalue weighted by molar-refractivity contribution is 5.20. The van der Waals surface area contributed by atoms with Crippen molar-refractivity contribution in [2.75, 3.05) is 6.61 Å². The minimum absolute atomic E-state index is 0.0133.